The molecule has 1 fully saturated rings. The van der Waals surface area contributed by atoms with E-state index >= 15 is 0 Å². The smallest absolute Gasteiger partial charge is 0.335 e. The summed E-state index contributed by atoms with van der Waals surface area (Å²) in [6.45, 7) is 4.37. The first-order valence-corrected chi connectivity index (χ1v) is 11.4. The number of ether oxygens (including phenoxy) is 2. The Bertz CT molecular complexity index is 1320. The molecule has 7 nitrogen and oxygen atoms in total. The number of urea groups is 1. The molecule has 0 spiro atoms. The van der Waals surface area contributed by atoms with Crippen LogP contribution in [0.1, 0.15) is 23.6 Å². The number of imide groups is 2. The number of hydrogen-bond donors (Lipinski definition) is 1. The fourth-order valence-corrected chi connectivity index (χ4v) is 3.72. The Hall–Kier alpha value is -4.10. The molecule has 0 unspecified atom stereocenters. The molecule has 1 aliphatic rings. The van der Waals surface area contributed by atoms with Gasteiger partial charge in [0.2, 0.25) is 0 Å². The van der Waals surface area contributed by atoms with Gasteiger partial charge in [-0.15, -0.1) is 0 Å². The second kappa shape index (κ2) is 10.4. The summed E-state index contributed by atoms with van der Waals surface area (Å²) in [7, 11) is 0. The summed E-state index contributed by atoms with van der Waals surface area (Å²) >= 11 is 6.21. The van der Waals surface area contributed by atoms with Crippen LogP contribution in [-0.2, 0) is 16.2 Å². The molecule has 1 saturated heterocycles. The van der Waals surface area contributed by atoms with E-state index in [0.29, 0.717) is 34.4 Å². The van der Waals surface area contributed by atoms with Gasteiger partial charge in [-0.25, -0.2) is 9.69 Å². The highest BCUT2D eigenvalue weighted by Crippen LogP contribution is 2.31. The molecular formula is C27H23ClN2O5. The van der Waals surface area contributed by atoms with E-state index in [0.717, 1.165) is 16.0 Å². The van der Waals surface area contributed by atoms with E-state index in [1.54, 1.807) is 48.5 Å². The average Bonchev–Trinajstić information content (AvgIpc) is 2.83. The van der Waals surface area contributed by atoms with Crippen LogP contribution in [0.3, 0.4) is 0 Å². The summed E-state index contributed by atoms with van der Waals surface area (Å²) in [5.74, 6) is -0.534. The molecule has 8 heteroatoms. The molecule has 178 valence electrons. The highest BCUT2D eigenvalue weighted by atomic mass is 35.5. The minimum Gasteiger partial charge on any atom is -0.490 e. The summed E-state index contributed by atoms with van der Waals surface area (Å²) in [5, 5.41) is 2.83. The van der Waals surface area contributed by atoms with Crippen molar-refractivity contribution in [3.63, 3.8) is 0 Å². The summed E-state index contributed by atoms with van der Waals surface area (Å²) in [6, 6.07) is 18.5. The van der Waals surface area contributed by atoms with Crippen molar-refractivity contribution in [3.05, 3.63) is 94.0 Å². The molecule has 1 N–H and O–H groups in total. The Morgan fingerprint density at radius 1 is 0.943 bits per heavy atom. The number of carbonyl (C=O) groups is 3. The largest absolute Gasteiger partial charge is 0.490 e. The van der Waals surface area contributed by atoms with Crippen molar-refractivity contribution in [2.75, 3.05) is 11.5 Å². The zero-order valence-corrected chi connectivity index (χ0v) is 20.0. The van der Waals surface area contributed by atoms with E-state index in [1.165, 1.54) is 6.08 Å². The highest BCUT2D eigenvalue weighted by molar-refractivity contribution is 6.39. The third-order valence-corrected chi connectivity index (χ3v) is 5.68. The SMILES string of the molecule is CCOc1cc(/C=C2\C(=O)NC(=O)N(c3ccc(C)cc3)C2=O)ccc1OCc1ccccc1Cl. The van der Waals surface area contributed by atoms with E-state index in [9.17, 15) is 14.4 Å². The second-order valence-corrected chi connectivity index (χ2v) is 8.22. The molecule has 0 saturated carbocycles. The molecule has 0 aliphatic carbocycles. The number of nitrogens with zero attached hydrogens (tertiary/aromatic N) is 1. The van der Waals surface area contributed by atoms with Crippen molar-refractivity contribution in [2.45, 2.75) is 20.5 Å². The first kappa shape index (κ1) is 24.0. The molecule has 1 aliphatic heterocycles. The Morgan fingerprint density at radius 3 is 2.40 bits per heavy atom. The standard InChI is InChI=1S/C27H23ClN2O5/c1-3-34-24-15-18(10-13-23(24)35-16-19-6-4-5-7-22(19)28)14-21-25(31)29-27(33)30(26(21)32)20-11-8-17(2)9-12-20/h4-15H,3,16H2,1-2H3,(H,29,31,33)/b21-14+. The van der Waals surface area contributed by atoms with Gasteiger partial charge in [0.25, 0.3) is 11.8 Å². The lowest BCUT2D eigenvalue weighted by Gasteiger charge is -2.26. The van der Waals surface area contributed by atoms with Crippen LogP contribution < -0.4 is 19.7 Å². The molecule has 4 rings (SSSR count). The van der Waals surface area contributed by atoms with Crippen LogP contribution in [0, 0.1) is 6.92 Å². The van der Waals surface area contributed by atoms with Crippen LogP contribution in [0.5, 0.6) is 11.5 Å². The predicted molar refractivity (Wildman–Crippen MR) is 134 cm³/mol. The van der Waals surface area contributed by atoms with Gasteiger partial charge in [0.1, 0.15) is 12.2 Å². The fraction of sp³-hybridized carbons (Fsp3) is 0.148. The molecule has 3 aromatic carbocycles. The van der Waals surface area contributed by atoms with Gasteiger partial charge >= 0.3 is 6.03 Å². The van der Waals surface area contributed by atoms with Gasteiger partial charge in [-0.2, -0.15) is 0 Å². The van der Waals surface area contributed by atoms with Gasteiger partial charge in [-0.05, 0) is 55.8 Å². The molecule has 35 heavy (non-hydrogen) atoms. The molecule has 0 radical (unpaired) electrons. The maximum atomic E-state index is 13.1. The number of nitrogens with one attached hydrogen (secondary N) is 1. The van der Waals surface area contributed by atoms with Gasteiger partial charge in [-0.3, -0.25) is 14.9 Å². The van der Waals surface area contributed by atoms with Crippen LogP contribution in [0.15, 0.2) is 72.3 Å². The first-order chi connectivity index (χ1) is 16.9. The Balaban J connectivity index is 1.61. The minimum atomic E-state index is -0.792. The number of hydrogen-bond acceptors (Lipinski definition) is 5. The van der Waals surface area contributed by atoms with E-state index in [2.05, 4.69) is 5.32 Å². The zero-order valence-electron chi connectivity index (χ0n) is 19.2. The summed E-state index contributed by atoms with van der Waals surface area (Å²) < 4.78 is 11.6. The van der Waals surface area contributed by atoms with Crippen LogP contribution in [0.4, 0.5) is 10.5 Å². The summed E-state index contributed by atoms with van der Waals surface area (Å²) in [4.78, 5) is 39.0. The summed E-state index contributed by atoms with van der Waals surface area (Å²) in [6.07, 6.45) is 1.42. The van der Waals surface area contributed by atoms with Gasteiger partial charge < -0.3 is 9.47 Å². The van der Waals surface area contributed by atoms with Gasteiger partial charge in [-0.1, -0.05) is 53.6 Å². The highest BCUT2D eigenvalue weighted by Gasteiger charge is 2.36. The quantitative estimate of drug-likeness (QED) is 0.359. The third-order valence-electron chi connectivity index (χ3n) is 5.31. The second-order valence-electron chi connectivity index (χ2n) is 7.81. The number of benzene rings is 3. The van der Waals surface area contributed by atoms with E-state index in [4.69, 9.17) is 21.1 Å². The first-order valence-electron chi connectivity index (χ1n) is 11.0. The number of aryl methyl sites for hydroxylation is 1. The van der Waals surface area contributed by atoms with Crippen molar-refractivity contribution in [1.29, 1.82) is 0 Å². The van der Waals surface area contributed by atoms with Crippen LogP contribution in [-0.4, -0.2) is 24.5 Å². The van der Waals surface area contributed by atoms with Crippen molar-refractivity contribution < 1.29 is 23.9 Å². The molecule has 0 bridgehead atoms. The molecule has 0 aromatic heterocycles. The van der Waals surface area contributed by atoms with Crippen LogP contribution in [0.25, 0.3) is 6.08 Å². The summed E-state index contributed by atoms with van der Waals surface area (Å²) in [5.41, 5.74) is 2.54. The Kier molecular flexibility index (Phi) is 7.17. The number of halogens is 1. The molecule has 1 heterocycles. The maximum absolute atomic E-state index is 13.1. The topological polar surface area (TPSA) is 84.9 Å². The number of anilines is 1. The van der Waals surface area contributed by atoms with Crippen LogP contribution in [0.2, 0.25) is 5.02 Å². The molecule has 3 aromatic rings. The van der Waals surface area contributed by atoms with E-state index in [-0.39, 0.29) is 12.2 Å². The average molecular weight is 491 g/mol. The Labute approximate surface area is 207 Å². The lowest BCUT2D eigenvalue weighted by Crippen LogP contribution is -2.54. The normalized spacial score (nSPS) is 14.8. The van der Waals surface area contributed by atoms with Crippen molar-refractivity contribution in [1.82, 2.24) is 5.32 Å². The molecule has 4 amide bonds. The van der Waals surface area contributed by atoms with Crippen LogP contribution >= 0.6 is 11.6 Å². The Morgan fingerprint density at radius 2 is 1.69 bits per heavy atom. The van der Waals surface area contributed by atoms with Gasteiger partial charge in [0.15, 0.2) is 11.5 Å². The lowest BCUT2D eigenvalue weighted by atomic mass is 10.1. The minimum absolute atomic E-state index is 0.169. The monoisotopic (exact) mass is 490 g/mol. The van der Waals surface area contributed by atoms with Crippen molar-refractivity contribution in [3.8, 4) is 11.5 Å². The van der Waals surface area contributed by atoms with Crippen molar-refractivity contribution in [2.24, 2.45) is 0 Å². The number of rotatable bonds is 7. The molecular weight excluding hydrogens is 468 g/mol. The lowest BCUT2D eigenvalue weighted by molar-refractivity contribution is -0.122. The predicted octanol–water partition coefficient (Wildman–Crippen LogP) is 5.29. The maximum Gasteiger partial charge on any atom is 0.335 e. The van der Waals surface area contributed by atoms with Crippen molar-refractivity contribution >= 4 is 41.2 Å². The number of amides is 4. The van der Waals surface area contributed by atoms with E-state index in [1.807, 2.05) is 32.0 Å². The van der Waals surface area contributed by atoms with Gasteiger partial charge in [0.05, 0.1) is 12.3 Å². The van der Waals surface area contributed by atoms with E-state index < -0.39 is 17.8 Å². The third kappa shape index (κ3) is 5.36. The molecule has 0 atom stereocenters. The van der Waals surface area contributed by atoms with Gasteiger partial charge in [0, 0.05) is 10.6 Å². The fourth-order valence-electron chi connectivity index (χ4n) is 3.53. The number of carbonyl (C=O) groups excluding carboxylic acids is 3. The number of barbiturate groups is 1. The zero-order chi connectivity index (χ0) is 24.9.